The summed E-state index contributed by atoms with van der Waals surface area (Å²) in [5.41, 5.74) is 2.81. The molecular weight excluding hydrogens is 290 g/mol. The fraction of sp³-hybridized carbons (Fsp3) is 0.600. The normalized spacial score (nSPS) is 23.1. The molecule has 0 spiro atoms. The van der Waals surface area contributed by atoms with Crippen molar-refractivity contribution in [3.8, 4) is 0 Å². The summed E-state index contributed by atoms with van der Waals surface area (Å²) in [6, 6.07) is 8.92. The zero-order valence-corrected chi connectivity index (χ0v) is 13.8. The molecule has 0 aromatic heterocycles. The van der Waals surface area contributed by atoms with Gasteiger partial charge >= 0.3 is 0 Å². The van der Waals surface area contributed by atoms with Gasteiger partial charge in [-0.1, -0.05) is 24.3 Å². The molecular formula is C15H23NO2S2. The van der Waals surface area contributed by atoms with E-state index in [4.69, 9.17) is 0 Å². The molecule has 1 aliphatic rings. The lowest BCUT2D eigenvalue weighted by molar-refractivity contribution is 0.548. The molecule has 112 valence electrons. The molecule has 0 fully saturated rings. The summed E-state index contributed by atoms with van der Waals surface area (Å²) in [5, 5.41) is 3.88. The molecule has 3 nitrogen and oxygen atoms in total. The maximum absolute atomic E-state index is 11.3. The molecule has 0 bridgehead atoms. The van der Waals surface area contributed by atoms with Gasteiger partial charge in [-0.05, 0) is 37.4 Å². The van der Waals surface area contributed by atoms with E-state index in [0.717, 1.165) is 12.8 Å². The minimum absolute atomic E-state index is 0.270. The highest BCUT2D eigenvalue weighted by molar-refractivity contribution is 8.01. The standard InChI is InChI=1S/C15H23NO2S2/c1-16-15-13-8-4-3-6-12(13)7-5-9-14(15)19-10-11-20(2,17)18/h3-4,6,8,14-16H,5,7,9-11H2,1-2H3. The van der Waals surface area contributed by atoms with E-state index in [9.17, 15) is 8.42 Å². The summed E-state index contributed by atoms with van der Waals surface area (Å²) < 4.78 is 22.5. The van der Waals surface area contributed by atoms with Crippen molar-refractivity contribution >= 4 is 21.6 Å². The second-order valence-electron chi connectivity index (χ2n) is 5.40. The van der Waals surface area contributed by atoms with Crippen LogP contribution in [0.4, 0.5) is 0 Å². The van der Waals surface area contributed by atoms with Crippen molar-refractivity contribution in [1.29, 1.82) is 0 Å². The van der Waals surface area contributed by atoms with Crippen molar-refractivity contribution < 1.29 is 8.42 Å². The van der Waals surface area contributed by atoms with Gasteiger partial charge in [0.1, 0.15) is 9.84 Å². The summed E-state index contributed by atoms with van der Waals surface area (Å²) in [7, 11) is -0.863. The third kappa shape index (κ3) is 4.24. The average Bonchev–Trinajstić information content (AvgIpc) is 2.56. The minimum atomic E-state index is -2.86. The molecule has 2 rings (SSSR count). The van der Waals surface area contributed by atoms with Crippen LogP contribution in [0.15, 0.2) is 24.3 Å². The largest absolute Gasteiger partial charge is 0.312 e. The molecule has 5 heteroatoms. The summed E-state index contributed by atoms with van der Waals surface area (Å²) in [4.78, 5) is 0. The monoisotopic (exact) mass is 313 g/mol. The quantitative estimate of drug-likeness (QED) is 0.848. The molecule has 1 aromatic carbocycles. The van der Waals surface area contributed by atoms with Gasteiger partial charge in [-0.15, -0.1) is 0 Å². The second-order valence-corrected chi connectivity index (χ2v) is 9.00. The smallest absolute Gasteiger partial charge is 0.148 e. The first-order chi connectivity index (χ1) is 9.51. The van der Waals surface area contributed by atoms with Gasteiger partial charge < -0.3 is 5.32 Å². The predicted molar refractivity (Wildman–Crippen MR) is 87.1 cm³/mol. The number of benzene rings is 1. The number of thioether (sulfide) groups is 1. The van der Waals surface area contributed by atoms with E-state index in [1.807, 2.05) is 7.05 Å². The van der Waals surface area contributed by atoms with Crippen molar-refractivity contribution in [1.82, 2.24) is 5.32 Å². The Morgan fingerprint density at radius 2 is 2.10 bits per heavy atom. The molecule has 0 saturated heterocycles. The van der Waals surface area contributed by atoms with Gasteiger partial charge in [-0.2, -0.15) is 11.8 Å². The number of rotatable bonds is 5. The zero-order valence-electron chi connectivity index (χ0n) is 12.1. The van der Waals surface area contributed by atoms with Crippen LogP contribution < -0.4 is 5.32 Å². The highest BCUT2D eigenvalue weighted by Gasteiger charge is 2.26. The lowest BCUT2D eigenvalue weighted by atomic mass is 9.99. The zero-order chi connectivity index (χ0) is 14.6. The van der Waals surface area contributed by atoms with Crippen LogP contribution in [-0.2, 0) is 16.3 Å². The summed E-state index contributed by atoms with van der Waals surface area (Å²) >= 11 is 1.79. The highest BCUT2D eigenvalue weighted by atomic mass is 32.2. The first kappa shape index (κ1) is 15.9. The predicted octanol–water partition coefficient (Wildman–Crippen LogP) is 2.43. The van der Waals surface area contributed by atoms with Gasteiger partial charge in [0, 0.05) is 23.3 Å². The van der Waals surface area contributed by atoms with Gasteiger partial charge in [0.2, 0.25) is 0 Å². The Balaban J connectivity index is 2.09. The fourth-order valence-corrected chi connectivity index (χ4v) is 5.50. The summed E-state index contributed by atoms with van der Waals surface area (Å²) in [6.45, 7) is 0. The average molecular weight is 313 g/mol. The van der Waals surface area contributed by atoms with E-state index in [2.05, 4.69) is 29.6 Å². The van der Waals surface area contributed by atoms with Gasteiger partial charge in [0.25, 0.3) is 0 Å². The molecule has 20 heavy (non-hydrogen) atoms. The van der Waals surface area contributed by atoms with Gasteiger partial charge in [0.05, 0.1) is 5.75 Å². The third-order valence-electron chi connectivity index (χ3n) is 3.79. The van der Waals surface area contributed by atoms with E-state index in [1.165, 1.54) is 23.8 Å². The molecule has 0 saturated carbocycles. The van der Waals surface area contributed by atoms with Crippen LogP contribution in [-0.4, -0.2) is 38.5 Å². The molecule has 2 atom stereocenters. The van der Waals surface area contributed by atoms with E-state index in [0.29, 0.717) is 17.0 Å². The first-order valence-electron chi connectivity index (χ1n) is 7.05. The van der Waals surface area contributed by atoms with Crippen molar-refractivity contribution in [2.45, 2.75) is 30.6 Å². The van der Waals surface area contributed by atoms with Crippen molar-refractivity contribution in [2.75, 3.05) is 24.8 Å². The van der Waals surface area contributed by atoms with Crippen LogP contribution in [0, 0.1) is 0 Å². The molecule has 0 heterocycles. The molecule has 0 radical (unpaired) electrons. The SMILES string of the molecule is CNC1c2ccccc2CCCC1SCCS(C)(=O)=O. The number of nitrogens with one attached hydrogen (secondary N) is 1. The Labute approximate surface area is 126 Å². The molecule has 0 aliphatic heterocycles. The van der Waals surface area contributed by atoms with Crippen LogP contribution in [0.3, 0.4) is 0 Å². The molecule has 0 amide bonds. The fourth-order valence-electron chi connectivity index (χ4n) is 2.80. The Morgan fingerprint density at radius 1 is 1.35 bits per heavy atom. The van der Waals surface area contributed by atoms with Crippen molar-refractivity contribution in [3.63, 3.8) is 0 Å². The van der Waals surface area contributed by atoms with Gasteiger partial charge in [0.15, 0.2) is 0 Å². The summed E-state index contributed by atoms with van der Waals surface area (Å²) in [6.07, 6.45) is 4.74. The maximum atomic E-state index is 11.3. The number of hydrogen-bond donors (Lipinski definition) is 1. The number of fused-ring (bicyclic) bond motifs is 1. The van der Waals surface area contributed by atoms with Crippen LogP contribution >= 0.6 is 11.8 Å². The molecule has 1 aliphatic carbocycles. The number of sulfone groups is 1. The number of aryl methyl sites for hydroxylation is 1. The molecule has 2 unspecified atom stereocenters. The first-order valence-corrected chi connectivity index (χ1v) is 10.2. The van der Waals surface area contributed by atoms with E-state index in [1.54, 1.807) is 11.8 Å². The Hall–Kier alpha value is -0.520. The van der Waals surface area contributed by atoms with Crippen LogP contribution in [0.5, 0.6) is 0 Å². The third-order valence-corrected chi connectivity index (χ3v) is 6.37. The molecule has 1 aromatic rings. The Bertz CT molecular complexity index is 543. The second kappa shape index (κ2) is 6.96. The van der Waals surface area contributed by atoms with E-state index >= 15 is 0 Å². The lowest BCUT2D eigenvalue weighted by Gasteiger charge is -2.26. The van der Waals surface area contributed by atoms with E-state index < -0.39 is 9.84 Å². The van der Waals surface area contributed by atoms with Gasteiger partial charge in [-0.25, -0.2) is 8.42 Å². The van der Waals surface area contributed by atoms with E-state index in [-0.39, 0.29) is 5.75 Å². The Kier molecular flexibility index (Phi) is 5.52. The summed E-state index contributed by atoms with van der Waals surface area (Å²) in [5.74, 6) is 0.954. The number of hydrogen-bond acceptors (Lipinski definition) is 4. The molecule has 1 N–H and O–H groups in total. The minimum Gasteiger partial charge on any atom is -0.312 e. The Morgan fingerprint density at radius 3 is 2.80 bits per heavy atom. The van der Waals surface area contributed by atoms with Gasteiger partial charge in [-0.3, -0.25) is 0 Å². The maximum Gasteiger partial charge on any atom is 0.148 e. The van der Waals surface area contributed by atoms with Crippen LogP contribution in [0.25, 0.3) is 0 Å². The van der Waals surface area contributed by atoms with Crippen LogP contribution in [0.1, 0.15) is 30.0 Å². The topological polar surface area (TPSA) is 46.2 Å². The van der Waals surface area contributed by atoms with Crippen molar-refractivity contribution in [3.05, 3.63) is 35.4 Å². The van der Waals surface area contributed by atoms with Crippen molar-refractivity contribution in [2.24, 2.45) is 0 Å². The highest BCUT2D eigenvalue weighted by Crippen LogP contribution is 2.35. The lowest BCUT2D eigenvalue weighted by Crippen LogP contribution is -2.27. The van der Waals surface area contributed by atoms with Crippen LogP contribution in [0.2, 0.25) is 0 Å².